The first-order valence-corrected chi connectivity index (χ1v) is 5.27. The summed E-state index contributed by atoms with van der Waals surface area (Å²) in [6, 6.07) is 4.07. The van der Waals surface area contributed by atoms with Crippen LogP contribution in [-0.2, 0) is 0 Å². The van der Waals surface area contributed by atoms with Crippen LogP contribution < -0.4 is 0 Å². The normalized spacial score (nSPS) is 20.0. The van der Waals surface area contributed by atoms with Gasteiger partial charge in [-0.2, -0.15) is 5.10 Å². The van der Waals surface area contributed by atoms with Gasteiger partial charge in [0.1, 0.15) is 5.69 Å². The van der Waals surface area contributed by atoms with Crippen molar-refractivity contribution in [3.63, 3.8) is 0 Å². The van der Waals surface area contributed by atoms with Crippen LogP contribution in [0.3, 0.4) is 0 Å². The topological polar surface area (TPSA) is 25.8 Å². The maximum absolute atomic E-state index is 4.19. The van der Waals surface area contributed by atoms with Crippen LogP contribution in [0.2, 0.25) is 0 Å². The van der Waals surface area contributed by atoms with Crippen LogP contribution in [0, 0.1) is 17.8 Å². The van der Waals surface area contributed by atoms with Crippen LogP contribution in [0.15, 0.2) is 12.1 Å². The molecular formula is C12H12N2. The largest absolute Gasteiger partial charge is 0.154 e. The molecule has 0 aliphatic heterocycles. The summed E-state index contributed by atoms with van der Waals surface area (Å²) in [5, 5.41) is 8.30. The Kier molecular flexibility index (Phi) is 1.77. The molecule has 2 saturated carbocycles. The molecular weight excluding hydrogens is 172 g/mol. The highest BCUT2D eigenvalue weighted by Crippen LogP contribution is 2.38. The van der Waals surface area contributed by atoms with Gasteiger partial charge in [0.05, 0.1) is 5.69 Å². The summed E-state index contributed by atoms with van der Waals surface area (Å²) >= 11 is 0. The van der Waals surface area contributed by atoms with Crippen LogP contribution >= 0.6 is 0 Å². The summed E-state index contributed by atoms with van der Waals surface area (Å²) in [4.78, 5) is 0. The van der Waals surface area contributed by atoms with Crippen molar-refractivity contribution >= 4 is 0 Å². The standard InChI is InChI=1S/C12H12N2/c1-2-9(1)3-6-11-7-8-12(14-13-11)10-4-5-10/h7-10H,1-2,4-5H2. The molecule has 14 heavy (non-hydrogen) atoms. The Bertz CT molecular complexity index is 389. The van der Waals surface area contributed by atoms with E-state index in [9.17, 15) is 0 Å². The molecule has 2 nitrogen and oxygen atoms in total. The van der Waals surface area contributed by atoms with Gasteiger partial charge < -0.3 is 0 Å². The molecule has 0 spiro atoms. The summed E-state index contributed by atoms with van der Waals surface area (Å²) in [5.41, 5.74) is 1.96. The second-order valence-electron chi connectivity index (χ2n) is 4.16. The minimum absolute atomic E-state index is 0.639. The van der Waals surface area contributed by atoms with Crippen molar-refractivity contribution in [3.05, 3.63) is 23.5 Å². The van der Waals surface area contributed by atoms with Gasteiger partial charge >= 0.3 is 0 Å². The lowest BCUT2D eigenvalue weighted by atomic mass is 10.2. The first-order valence-electron chi connectivity index (χ1n) is 5.27. The smallest absolute Gasteiger partial charge is 0.135 e. The van der Waals surface area contributed by atoms with Gasteiger partial charge in [0.15, 0.2) is 0 Å². The summed E-state index contributed by atoms with van der Waals surface area (Å²) in [7, 11) is 0. The first kappa shape index (κ1) is 7.99. The van der Waals surface area contributed by atoms with Gasteiger partial charge in [-0.1, -0.05) is 5.92 Å². The summed E-state index contributed by atoms with van der Waals surface area (Å²) in [5.74, 6) is 7.58. The molecule has 1 aromatic rings. The first-order chi connectivity index (χ1) is 6.92. The minimum atomic E-state index is 0.639. The van der Waals surface area contributed by atoms with Crippen molar-refractivity contribution in [3.8, 4) is 11.8 Å². The van der Waals surface area contributed by atoms with Crippen molar-refractivity contribution in [1.82, 2.24) is 10.2 Å². The van der Waals surface area contributed by atoms with Gasteiger partial charge in [-0.3, -0.25) is 0 Å². The number of nitrogens with zero attached hydrogens (tertiary/aromatic N) is 2. The molecule has 2 aliphatic carbocycles. The molecule has 0 saturated heterocycles. The number of rotatable bonds is 1. The minimum Gasteiger partial charge on any atom is -0.154 e. The second kappa shape index (κ2) is 3.09. The molecule has 0 aromatic carbocycles. The Morgan fingerprint density at radius 1 is 1.07 bits per heavy atom. The van der Waals surface area contributed by atoms with Gasteiger partial charge in [0.2, 0.25) is 0 Å². The molecule has 3 rings (SSSR count). The highest BCUT2D eigenvalue weighted by molar-refractivity contribution is 5.29. The fraction of sp³-hybridized carbons (Fsp3) is 0.500. The van der Waals surface area contributed by atoms with E-state index in [-0.39, 0.29) is 0 Å². The summed E-state index contributed by atoms with van der Waals surface area (Å²) in [6.45, 7) is 0. The molecule has 0 bridgehead atoms. The molecule has 0 atom stereocenters. The Labute approximate surface area is 83.7 Å². The second-order valence-corrected chi connectivity index (χ2v) is 4.16. The van der Waals surface area contributed by atoms with E-state index >= 15 is 0 Å². The van der Waals surface area contributed by atoms with E-state index in [0.717, 1.165) is 11.4 Å². The van der Waals surface area contributed by atoms with Crippen LogP contribution in [0.25, 0.3) is 0 Å². The average Bonchev–Trinajstić information content (AvgIpc) is 3.07. The fourth-order valence-corrected chi connectivity index (χ4v) is 1.41. The SMILES string of the molecule is C(#CC1CC1)c1ccc(C2CC2)nn1. The van der Waals surface area contributed by atoms with E-state index in [2.05, 4.69) is 28.1 Å². The van der Waals surface area contributed by atoms with Crippen LogP contribution in [0.5, 0.6) is 0 Å². The van der Waals surface area contributed by atoms with Crippen LogP contribution in [-0.4, -0.2) is 10.2 Å². The molecule has 2 fully saturated rings. The molecule has 2 aliphatic rings. The highest BCUT2D eigenvalue weighted by Gasteiger charge is 2.25. The Morgan fingerprint density at radius 3 is 2.50 bits per heavy atom. The van der Waals surface area contributed by atoms with Crippen molar-refractivity contribution in [2.24, 2.45) is 5.92 Å². The zero-order chi connectivity index (χ0) is 9.38. The van der Waals surface area contributed by atoms with Gasteiger partial charge in [-0.25, -0.2) is 0 Å². The number of hydrogen-bond donors (Lipinski definition) is 0. The molecule has 1 aromatic heterocycles. The van der Waals surface area contributed by atoms with Gasteiger partial charge in [0, 0.05) is 11.8 Å². The molecule has 0 N–H and O–H groups in total. The Balaban J connectivity index is 1.76. The quantitative estimate of drug-likeness (QED) is 0.625. The molecule has 0 radical (unpaired) electrons. The maximum atomic E-state index is 4.19. The third-order valence-corrected chi connectivity index (χ3v) is 2.66. The molecule has 70 valence electrons. The van der Waals surface area contributed by atoms with Crippen LogP contribution in [0.4, 0.5) is 0 Å². The molecule has 2 heteroatoms. The summed E-state index contributed by atoms with van der Waals surface area (Å²) in [6.07, 6.45) is 5.09. The Hall–Kier alpha value is -1.36. The zero-order valence-corrected chi connectivity index (χ0v) is 8.03. The lowest BCUT2D eigenvalue weighted by molar-refractivity contribution is 0.901. The van der Waals surface area contributed by atoms with E-state index in [1.54, 1.807) is 0 Å². The molecule has 1 heterocycles. The van der Waals surface area contributed by atoms with Gasteiger partial charge in [0.25, 0.3) is 0 Å². The van der Waals surface area contributed by atoms with Crippen LogP contribution in [0.1, 0.15) is 43.0 Å². The van der Waals surface area contributed by atoms with E-state index in [0.29, 0.717) is 11.8 Å². The third kappa shape index (κ3) is 1.77. The highest BCUT2D eigenvalue weighted by atomic mass is 15.1. The summed E-state index contributed by atoms with van der Waals surface area (Å²) < 4.78 is 0. The van der Waals surface area contributed by atoms with Crippen molar-refractivity contribution in [1.29, 1.82) is 0 Å². The van der Waals surface area contributed by atoms with Gasteiger partial charge in [-0.05, 0) is 43.7 Å². The lowest BCUT2D eigenvalue weighted by Gasteiger charge is -1.93. The number of hydrogen-bond acceptors (Lipinski definition) is 2. The predicted octanol–water partition coefficient (Wildman–Crippen LogP) is 2.12. The lowest BCUT2D eigenvalue weighted by Crippen LogP contribution is -1.92. The average molecular weight is 184 g/mol. The monoisotopic (exact) mass is 184 g/mol. The van der Waals surface area contributed by atoms with Crippen molar-refractivity contribution < 1.29 is 0 Å². The molecule has 0 unspecified atom stereocenters. The maximum Gasteiger partial charge on any atom is 0.135 e. The fourth-order valence-electron chi connectivity index (χ4n) is 1.41. The van der Waals surface area contributed by atoms with E-state index in [1.165, 1.54) is 25.7 Å². The third-order valence-electron chi connectivity index (χ3n) is 2.66. The zero-order valence-electron chi connectivity index (χ0n) is 8.03. The van der Waals surface area contributed by atoms with E-state index in [4.69, 9.17) is 0 Å². The van der Waals surface area contributed by atoms with Crippen molar-refractivity contribution in [2.45, 2.75) is 31.6 Å². The Morgan fingerprint density at radius 2 is 1.93 bits per heavy atom. The number of aromatic nitrogens is 2. The predicted molar refractivity (Wildman–Crippen MR) is 53.6 cm³/mol. The van der Waals surface area contributed by atoms with E-state index in [1.807, 2.05) is 6.07 Å². The van der Waals surface area contributed by atoms with Gasteiger partial charge in [-0.15, -0.1) is 5.10 Å². The molecule has 0 amide bonds. The van der Waals surface area contributed by atoms with Crippen molar-refractivity contribution in [2.75, 3.05) is 0 Å². The van der Waals surface area contributed by atoms with E-state index < -0.39 is 0 Å².